The summed E-state index contributed by atoms with van der Waals surface area (Å²) in [5.41, 5.74) is 2.60. The molecular weight excluding hydrogens is 316 g/mol. The van der Waals surface area contributed by atoms with Crippen LogP contribution in [0.3, 0.4) is 0 Å². The summed E-state index contributed by atoms with van der Waals surface area (Å²) in [6.07, 6.45) is 0.977. The maximum atomic E-state index is 14.2. The quantitative estimate of drug-likeness (QED) is 0.731. The van der Waals surface area contributed by atoms with Crippen molar-refractivity contribution in [1.82, 2.24) is 5.16 Å². The Morgan fingerprint density at radius 1 is 1.04 bits per heavy atom. The Morgan fingerprint density at radius 2 is 1.74 bits per heavy atom. The molecule has 0 radical (unpaired) electrons. The molecule has 6 heteroatoms. The van der Waals surface area contributed by atoms with E-state index in [1.165, 1.54) is 12.1 Å². The van der Waals surface area contributed by atoms with Gasteiger partial charge in [-0.05, 0) is 24.6 Å². The van der Waals surface area contributed by atoms with E-state index in [4.69, 9.17) is 4.52 Å². The molecule has 0 spiro atoms. The Kier molecular flexibility index (Phi) is 3.77. The van der Waals surface area contributed by atoms with E-state index in [1.807, 2.05) is 30.3 Å². The van der Waals surface area contributed by atoms with Crippen molar-refractivity contribution in [2.75, 3.05) is 6.26 Å². The van der Waals surface area contributed by atoms with Gasteiger partial charge in [0.25, 0.3) is 0 Å². The number of hydrogen-bond acceptors (Lipinski definition) is 4. The highest BCUT2D eigenvalue weighted by atomic mass is 32.2. The third kappa shape index (κ3) is 2.90. The van der Waals surface area contributed by atoms with Crippen LogP contribution in [-0.2, 0) is 9.84 Å². The lowest BCUT2D eigenvalue weighted by Crippen LogP contribution is -2.00. The summed E-state index contributed by atoms with van der Waals surface area (Å²) in [6, 6.07) is 13.4. The number of aryl methyl sites for hydroxylation is 1. The van der Waals surface area contributed by atoms with Gasteiger partial charge in [0, 0.05) is 11.8 Å². The lowest BCUT2D eigenvalue weighted by atomic mass is 9.99. The van der Waals surface area contributed by atoms with Gasteiger partial charge in [-0.2, -0.15) is 0 Å². The van der Waals surface area contributed by atoms with Crippen LogP contribution < -0.4 is 0 Å². The molecule has 23 heavy (non-hydrogen) atoms. The van der Waals surface area contributed by atoms with E-state index in [0.29, 0.717) is 22.6 Å². The Morgan fingerprint density at radius 3 is 2.35 bits per heavy atom. The topological polar surface area (TPSA) is 60.2 Å². The van der Waals surface area contributed by atoms with E-state index >= 15 is 0 Å². The number of sulfone groups is 1. The van der Waals surface area contributed by atoms with Crippen molar-refractivity contribution in [2.45, 2.75) is 11.8 Å². The monoisotopic (exact) mass is 330 g/mol. The lowest BCUT2D eigenvalue weighted by Gasteiger charge is -2.06. The molecule has 0 unspecified atom stereocenters. The zero-order valence-electron chi connectivity index (χ0n) is 12.6. The van der Waals surface area contributed by atoms with Crippen molar-refractivity contribution in [1.29, 1.82) is 0 Å². The van der Waals surface area contributed by atoms with Gasteiger partial charge in [-0.15, -0.1) is 0 Å². The molecule has 0 fully saturated rings. The first-order valence-electron chi connectivity index (χ1n) is 6.89. The van der Waals surface area contributed by atoms with Gasteiger partial charge in [0.15, 0.2) is 9.84 Å². The number of halogens is 1. The van der Waals surface area contributed by atoms with E-state index in [0.717, 1.165) is 11.8 Å². The molecule has 0 saturated carbocycles. The Hall–Kier alpha value is -2.47. The predicted octanol–water partition coefficient (Wildman–Crippen LogP) is 3.86. The summed E-state index contributed by atoms with van der Waals surface area (Å²) in [5, 5.41) is 4.05. The summed E-state index contributed by atoms with van der Waals surface area (Å²) < 4.78 is 42.5. The second-order valence-corrected chi connectivity index (χ2v) is 7.23. The summed E-state index contributed by atoms with van der Waals surface area (Å²) in [6.45, 7) is 1.73. The van der Waals surface area contributed by atoms with Crippen molar-refractivity contribution >= 4 is 9.84 Å². The van der Waals surface area contributed by atoms with Gasteiger partial charge in [-0.1, -0.05) is 41.6 Å². The van der Waals surface area contributed by atoms with E-state index in [9.17, 15) is 12.8 Å². The van der Waals surface area contributed by atoms with Gasteiger partial charge in [-0.25, -0.2) is 12.8 Å². The molecule has 4 nitrogen and oxygen atoms in total. The maximum Gasteiger partial charge on any atom is 0.178 e. The van der Waals surface area contributed by atoms with Gasteiger partial charge in [-0.3, -0.25) is 0 Å². The number of benzene rings is 2. The number of nitrogens with zero attached hydrogens (tertiary/aromatic N) is 1. The fraction of sp³-hybridized carbons (Fsp3) is 0.118. The van der Waals surface area contributed by atoms with Gasteiger partial charge in [0.05, 0.1) is 5.56 Å². The molecule has 0 amide bonds. The molecule has 0 bridgehead atoms. The van der Waals surface area contributed by atoms with E-state index in [1.54, 1.807) is 13.0 Å². The Labute approximate surface area is 133 Å². The van der Waals surface area contributed by atoms with Crippen molar-refractivity contribution in [2.24, 2.45) is 0 Å². The molecule has 1 heterocycles. The zero-order chi connectivity index (χ0) is 16.6. The highest BCUT2D eigenvalue weighted by Gasteiger charge is 2.20. The lowest BCUT2D eigenvalue weighted by molar-refractivity contribution is 0.400. The zero-order valence-corrected chi connectivity index (χ0v) is 13.4. The van der Waals surface area contributed by atoms with Gasteiger partial charge in [0.2, 0.25) is 0 Å². The molecule has 0 saturated heterocycles. The van der Waals surface area contributed by atoms with Crippen molar-refractivity contribution in [3.05, 3.63) is 60.1 Å². The third-order valence-electron chi connectivity index (χ3n) is 3.53. The molecule has 0 aliphatic carbocycles. The van der Waals surface area contributed by atoms with Crippen molar-refractivity contribution in [3.63, 3.8) is 0 Å². The Balaban J connectivity index is 2.17. The van der Waals surface area contributed by atoms with Crippen LogP contribution in [0.1, 0.15) is 5.76 Å². The average Bonchev–Trinajstić information content (AvgIpc) is 2.88. The Bertz CT molecular complexity index is 963. The van der Waals surface area contributed by atoms with Crippen LogP contribution in [0, 0.1) is 12.7 Å². The average molecular weight is 330 g/mol. The minimum atomic E-state index is -3.61. The first-order chi connectivity index (χ1) is 10.9. The summed E-state index contributed by atoms with van der Waals surface area (Å²) in [7, 11) is -3.61. The molecule has 118 valence electrons. The van der Waals surface area contributed by atoms with Crippen LogP contribution in [0.25, 0.3) is 22.4 Å². The second kappa shape index (κ2) is 5.62. The largest absolute Gasteiger partial charge is 0.360 e. The molecule has 2 aromatic carbocycles. The summed E-state index contributed by atoms with van der Waals surface area (Å²) in [4.78, 5) is -0.323. The van der Waals surface area contributed by atoms with Gasteiger partial charge < -0.3 is 4.52 Å². The minimum Gasteiger partial charge on any atom is -0.360 e. The first kappa shape index (κ1) is 15.4. The third-order valence-corrected chi connectivity index (χ3v) is 4.66. The standard InChI is InChI=1S/C17H14FNO3S/c1-11-16(17(19-22-11)12-6-4-3-5-7-12)13-8-9-15(14(18)10-13)23(2,20)21/h3-10H,1-2H3/i18-1. The van der Waals surface area contributed by atoms with Crippen LogP contribution in [0.15, 0.2) is 57.9 Å². The van der Waals surface area contributed by atoms with E-state index < -0.39 is 15.7 Å². The predicted molar refractivity (Wildman–Crippen MR) is 85.2 cm³/mol. The van der Waals surface area contributed by atoms with E-state index in [2.05, 4.69) is 5.16 Å². The number of aromatic nitrogens is 1. The first-order valence-corrected chi connectivity index (χ1v) is 8.79. The summed E-state index contributed by atoms with van der Waals surface area (Å²) >= 11 is 0. The second-order valence-electron chi connectivity index (χ2n) is 5.25. The SMILES string of the molecule is Cc1onc(-c2ccccc2)c1-c1ccc(S(C)(=O)=O)c([18F])c1. The molecule has 0 N–H and O–H groups in total. The fourth-order valence-electron chi connectivity index (χ4n) is 2.46. The number of hydrogen-bond donors (Lipinski definition) is 0. The molecule has 0 atom stereocenters. The molecule has 0 aliphatic rings. The molecule has 0 aliphatic heterocycles. The van der Waals surface area contributed by atoms with Crippen molar-refractivity contribution < 1.29 is 17.3 Å². The van der Waals surface area contributed by atoms with Crippen LogP contribution in [-0.4, -0.2) is 19.8 Å². The van der Waals surface area contributed by atoms with Crippen LogP contribution in [0.4, 0.5) is 4.39 Å². The minimum absolute atomic E-state index is 0.323. The van der Waals surface area contributed by atoms with Gasteiger partial charge >= 0.3 is 0 Å². The highest BCUT2D eigenvalue weighted by molar-refractivity contribution is 7.90. The van der Waals surface area contributed by atoms with E-state index in [-0.39, 0.29) is 4.90 Å². The fourth-order valence-corrected chi connectivity index (χ4v) is 3.19. The summed E-state index contributed by atoms with van der Waals surface area (Å²) in [5.74, 6) is -0.250. The molecule has 3 rings (SSSR count). The molecule has 1 aromatic heterocycles. The molecular formula is C17H14FNO3S. The normalized spacial score (nSPS) is 11.6. The van der Waals surface area contributed by atoms with Crippen LogP contribution in [0.2, 0.25) is 0 Å². The van der Waals surface area contributed by atoms with Crippen molar-refractivity contribution in [3.8, 4) is 22.4 Å². The number of rotatable bonds is 3. The smallest absolute Gasteiger partial charge is 0.178 e. The maximum absolute atomic E-state index is 14.2. The van der Waals surface area contributed by atoms with Gasteiger partial charge in [0.1, 0.15) is 22.2 Å². The highest BCUT2D eigenvalue weighted by Crippen LogP contribution is 2.35. The van der Waals surface area contributed by atoms with Crippen LogP contribution >= 0.6 is 0 Å². The molecule has 3 aromatic rings. The van der Waals surface area contributed by atoms with Crippen LogP contribution in [0.5, 0.6) is 0 Å².